The predicted molar refractivity (Wildman–Crippen MR) is 61.7 cm³/mol. The number of hydrogen-bond acceptors (Lipinski definition) is 3. The first-order valence-electron chi connectivity index (χ1n) is 5.03. The standard InChI is InChI=1S/C11H19NOS/c1-9(2)12(5-6-13)8-11-10(3)4-7-14-11/h4,7,9,13H,5-6,8H2,1-3H3. The van der Waals surface area contributed by atoms with E-state index in [1.54, 1.807) is 11.3 Å². The Hall–Kier alpha value is -0.380. The van der Waals surface area contributed by atoms with E-state index in [1.165, 1.54) is 10.4 Å². The van der Waals surface area contributed by atoms with Crippen LogP contribution in [0.2, 0.25) is 0 Å². The molecule has 0 radical (unpaired) electrons. The van der Waals surface area contributed by atoms with Crippen LogP contribution in [-0.2, 0) is 6.54 Å². The van der Waals surface area contributed by atoms with Gasteiger partial charge in [-0.15, -0.1) is 11.3 Å². The van der Waals surface area contributed by atoms with Gasteiger partial charge in [0.05, 0.1) is 6.61 Å². The Morgan fingerprint density at radius 1 is 1.50 bits per heavy atom. The third kappa shape index (κ3) is 3.08. The van der Waals surface area contributed by atoms with E-state index < -0.39 is 0 Å². The predicted octanol–water partition coefficient (Wildman–Crippen LogP) is 2.26. The van der Waals surface area contributed by atoms with Crippen LogP contribution in [0, 0.1) is 6.92 Å². The minimum Gasteiger partial charge on any atom is -0.395 e. The summed E-state index contributed by atoms with van der Waals surface area (Å²) in [6.45, 7) is 8.43. The summed E-state index contributed by atoms with van der Waals surface area (Å²) >= 11 is 1.80. The van der Waals surface area contributed by atoms with Gasteiger partial charge in [-0.2, -0.15) is 0 Å². The molecule has 80 valence electrons. The highest BCUT2D eigenvalue weighted by Gasteiger charge is 2.11. The van der Waals surface area contributed by atoms with E-state index in [4.69, 9.17) is 5.11 Å². The Bertz CT molecular complexity index is 270. The van der Waals surface area contributed by atoms with Crippen LogP contribution < -0.4 is 0 Å². The third-order valence-corrected chi connectivity index (χ3v) is 3.44. The average Bonchev–Trinajstić information content (AvgIpc) is 2.51. The van der Waals surface area contributed by atoms with Crippen molar-refractivity contribution in [1.29, 1.82) is 0 Å². The zero-order valence-electron chi connectivity index (χ0n) is 9.16. The van der Waals surface area contributed by atoms with Gasteiger partial charge in [-0.1, -0.05) is 0 Å². The highest BCUT2D eigenvalue weighted by molar-refractivity contribution is 7.10. The topological polar surface area (TPSA) is 23.5 Å². The Morgan fingerprint density at radius 3 is 2.64 bits per heavy atom. The highest BCUT2D eigenvalue weighted by Crippen LogP contribution is 2.18. The first-order valence-corrected chi connectivity index (χ1v) is 5.91. The van der Waals surface area contributed by atoms with E-state index in [9.17, 15) is 0 Å². The van der Waals surface area contributed by atoms with Crippen LogP contribution in [0.15, 0.2) is 11.4 Å². The summed E-state index contributed by atoms with van der Waals surface area (Å²) in [5, 5.41) is 11.1. The summed E-state index contributed by atoms with van der Waals surface area (Å²) < 4.78 is 0. The number of hydrogen-bond donors (Lipinski definition) is 1. The Labute approximate surface area is 90.2 Å². The van der Waals surface area contributed by atoms with E-state index >= 15 is 0 Å². The molecule has 0 atom stereocenters. The molecule has 1 rings (SSSR count). The van der Waals surface area contributed by atoms with Gasteiger partial charge < -0.3 is 5.11 Å². The van der Waals surface area contributed by atoms with Gasteiger partial charge in [-0.25, -0.2) is 0 Å². The molecule has 1 aromatic rings. The first kappa shape index (κ1) is 11.7. The fourth-order valence-electron chi connectivity index (χ4n) is 1.40. The van der Waals surface area contributed by atoms with Crippen molar-refractivity contribution >= 4 is 11.3 Å². The minimum atomic E-state index is 0.239. The van der Waals surface area contributed by atoms with E-state index in [1.807, 2.05) is 0 Å². The van der Waals surface area contributed by atoms with Crippen LogP contribution >= 0.6 is 11.3 Å². The van der Waals surface area contributed by atoms with Crippen molar-refractivity contribution < 1.29 is 5.11 Å². The van der Waals surface area contributed by atoms with Crippen LogP contribution in [0.3, 0.4) is 0 Å². The maximum Gasteiger partial charge on any atom is 0.0558 e. The molecule has 0 aliphatic carbocycles. The second kappa shape index (κ2) is 5.49. The molecule has 0 aliphatic heterocycles. The summed E-state index contributed by atoms with van der Waals surface area (Å²) in [5.41, 5.74) is 1.36. The summed E-state index contributed by atoms with van der Waals surface area (Å²) in [4.78, 5) is 3.70. The van der Waals surface area contributed by atoms with Crippen LogP contribution in [-0.4, -0.2) is 29.2 Å². The lowest BCUT2D eigenvalue weighted by Gasteiger charge is -2.25. The van der Waals surface area contributed by atoms with Gasteiger partial charge >= 0.3 is 0 Å². The number of aliphatic hydroxyl groups is 1. The number of nitrogens with zero attached hydrogens (tertiary/aromatic N) is 1. The molecule has 0 saturated carbocycles. The number of aryl methyl sites for hydroxylation is 1. The molecular formula is C11H19NOS. The molecular weight excluding hydrogens is 194 g/mol. The quantitative estimate of drug-likeness (QED) is 0.811. The molecule has 3 heteroatoms. The van der Waals surface area contributed by atoms with E-state index in [0.717, 1.165) is 13.1 Å². The number of aliphatic hydroxyl groups excluding tert-OH is 1. The van der Waals surface area contributed by atoms with Gasteiger partial charge in [-0.3, -0.25) is 4.90 Å². The largest absolute Gasteiger partial charge is 0.395 e. The molecule has 2 nitrogen and oxygen atoms in total. The van der Waals surface area contributed by atoms with Crippen LogP contribution in [0.5, 0.6) is 0 Å². The smallest absolute Gasteiger partial charge is 0.0558 e. The van der Waals surface area contributed by atoms with E-state index in [0.29, 0.717) is 6.04 Å². The van der Waals surface area contributed by atoms with Gasteiger partial charge in [-0.05, 0) is 37.8 Å². The van der Waals surface area contributed by atoms with Gasteiger partial charge in [0.2, 0.25) is 0 Å². The number of thiophene rings is 1. The van der Waals surface area contributed by atoms with Crippen LogP contribution in [0.4, 0.5) is 0 Å². The zero-order valence-corrected chi connectivity index (χ0v) is 9.97. The summed E-state index contributed by atoms with van der Waals surface area (Å²) in [6, 6.07) is 2.64. The Balaban J connectivity index is 2.60. The Kier molecular flexibility index (Phi) is 4.58. The Morgan fingerprint density at radius 2 is 2.21 bits per heavy atom. The molecule has 0 spiro atoms. The van der Waals surface area contributed by atoms with Gasteiger partial charge in [0.1, 0.15) is 0 Å². The lowest BCUT2D eigenvalue weighted by molar-refractivity contribution is 0.160. The van der Waals surface area contributed by atoms with Crippen molar-refractivity contribution in [1.82, 2.24) is 4.90 Å². The average molecular weight is 213 g/mol. The normalized spacial score (nSPS) is 11.6. The molecule has 14 heavy (non-hydrogen) atoms. The van der Waals surface area contributed by atoms with Gasteiger partial charge in [0.25, 0.3) is 0 Å². The molecule has 0 bridgehead atoms. The van der Waals surface area contributed by atoms with Crippen molar-refractivity contribution in [3.8, 4) is 0 Å². The summed E-state index contributed by atoms with van der Waals surface area (Å²) in [7, 11) is 0. The lowest BCUT2D eigenvalue weighted by atomic mass is 10.2. The maximum atomic E-state index is 8.95. The maximum absolute atomic E-state index is 8.95. The second-order valence-electron chi connectivity index (χ2n) is 3.81. The summed E-state index contributed by atoms with van der Waals surface area (Å²) in [6.07, 6.45) is 0. The molecule has 1 heterocycles. The molecule has 0 amide bonds. The molecule has 0 fully saturated rings. The van der Waals surface area contributed by atoms with E-state index in [-0.39, 0.29) is 6.61 Å². The highest BCUT2D eigenvalue weighted by atomic mass is 32.1. The first-order chi connectivity index (χ1) is 6.65. The molecule has 1 N–H and O–H groups in total. The monoisotopic (exact) mass is 213 g/mol. The van der Waals surface area contributed by atoms with Gasteiger partial charge in [0, 0.05) is 24.0 Å². The minimum absolute atomic E-state index is 0.239. The fraction of sp³-hybridized carbons (Fsp3) is 0.636. The molecule has 0 unspecified atom stereocenters. The molecule has 0 saturated heterocycles. The van der Waals surface area contributed by atoms with E-state index in [2.05, 4.69) is 37.1 Å². The van der Waals surface area contributed by atoms with Crippen molar-refractivity contribution in [2.24, 2.45) is 0 Å². The second-order valence-corrected chi connectivity index (χ2v) is 4.82. The summed E-state index contributed by atoms with van der Waals surface area (Å²) in [5.74, 6) is 0. The van der Waals surface area contributed by atoms with Crippen molar-refractivity contribution in [3.05, 3.63) is 21.9 Å². The third-order valence-electron chi connectivity index (χ3n) is 2.43. The zero-order chi connectivity index (χ0) is 10.6. The van der Waals surface area contributed by atoms with Crippen molar-refractivity contribution in [3.63, 3.8) is 0 Å². The van der Waals surface area contributed by atoms with Crippen molar-refractivity contribution in [2.75, 3.05) is 13.2 Å². The number of rotatable bonds is 5. The fourth-order valence-corrected chi connectivity index (χ4v) is 2.33. The molecule has 1 aromatic heterocycles. The van der Waals surface area contributed by atoms with Gasteiger partial charge in [0.15, 0.2) is 0 Å². The van der Waals surface area contributed by atoms with Crippen LogP contribution in [0.1, 0.15) is 24.3 Å². The van der Waals surface area contributed by atoms with Crippen LogP contribution in [0.25, 0.3) is 0 Å². The molecule has 0 aliphatic rings. The SMILES string of the molecule is Cc1ccsc1CN(CCO)C(C)C. The molecule has 0 aromatic carbocycles. The lowest BCUT2D eigenvalue weighted by Crippen LogP contribution is -2.32. The van der Waals surface area contributed by atoms with Crippen molar-refractivity contribution in [2.45, 2.75) is 33.4 Å².